The van der Waals surface area contributed by atoms with Gasteiger partial charge >= 0.3 is 5.97 Å². The molecule has 8 nitrogen and oxygen atoms in total. The van der Waals surface area contributed by atoms with E-state index in [1.54, 1.807) is 19.3 Å². The van der Waals surface area contributed by atoms with Crippen LogP contribution in [-0.4, -0.2) is 61.0 Å². The number of carbonyl (C=O) groups excluding carboxylic acids is 1. The Morgan fingerprint density at radius 3 is 2.57 bits per heavy atom. The van der Waals surface area contributed by atoms with Crippen LogP contribution in [0.3, 0.4) is 0 Å². The van der Waals surface area contributed by atoms with E-state index in [0.717, 1.165) is 10.8 Å². The number of pyridine rings is 1. The predicted octanol–water partition coefficient (Wildman–Crippen LogP) is 2.69. The molecule has 196 valence electrons. The van der Waals surface area contributed by atoms with Crippen molar-refractivity contribution in [1.29, 1.82) is 0 Å². The van der Waals surface area contributed by atoms with Crippen molar-refractivity contribution < 1.29 is 28.8 Å². The zero-order valence-electron chi connectivity index (χ0n) is 21.8. The van der Waals surface area contributed by atoms with Crippen molar-refractivity contribution in [2.24, 2.45) is 17.8 Å². The second kappa shape index (κ2) is 10.6. The molecule has 2 aliphatic heterocycles. The number of hydrogen-bond donors (Lipinski definition) is 1. The third-order valence-corrected chi connectivity index (χ3v) is 7.26. The topological polar surface area (TPSA) is 90.4 Å². The van der Waals surface area contributed by atoms with E-state index >= 15 is 0 Å². The van der Waals surface area contributed by atoms with Crippen LogP contribution in [-0.2, 0) is 19.0 Å². The Kier molecular flexibility index (Phi) is 7.22. The number of aliphatic hydroxyl groups is 1. The summed E-state index contributed by atoms with van der Waals surface area (Å²) in [5.41, 5.74) is 1.43. The smallest absolute Gasteiger partial charge is 0.337 e. The van der Waals surface area contributed by atoms with Gasteiger partial charge in [-0.05, 0) is 48.7 Å². The van der Waals surface area contributed by atoms with E-state index in [1.165, 1.54) is 7.11 Å². The highest BCUT2D eigenvalue weighted by Crippen LogP contribution is 2.49. The summed E-state index contributed by atoms with van der Waals surface area (Å²) in [7, 11) is 1.37. The predicted molar refractivity (Wildman–Crippen MR) is 138 cm³/mol. The highest BCUT2D eigenvalue weighted by atomic mass is 16.5. The molecule has 1 aromatic heterocycles. The van der Waals surface area contributed by atoms with Gasteiger partial charge in [0.15, 0.2) is 0 Å². The maximum absolute atomic E-state index is 13.1. The van der Waals surface area contributed by atoms with E-state index < -0.39 is 17.8 Å². The van der Waals surface area contributed by atoms with Crippen molar-refractivity contribution in [2.75, 3.05) is 40.0 Å². The van der Waals surface area contributed by atoms with E-state index in [9.17, 15) is 9.90 Å². The molecule has 0 amide bonds. The number of esters is 1. The minimum absolute atomic E-state index is 0.215. The lowest BCUT2D eigenvalue weighted by Gasteiger charge is -2.42. The Bertz CT molecular complexity index is 1310. The number of hydrogen-bond acceptors (Lipinski definition) is 8. The Morgan fingerprint density at radius 2 is 1.89 bits per heavy atom. The van der Waals surface area contributed by atoms with Gasteiger partial charge < -0.3 is 24.1 Å². The van der Waals surface area contributed by atoms with Crippen molar-refractivity contribution in [3.8, 4) is 5.75 Å². The van der Waals surface area contributed by atoms with Crippen LogP contribution in [0.15, 0.2) is 54.1 Å². The molecule has 1 saturated heterocycles. The molecule has 0 radical (unpaired) electrons. The Hall–Kier alpha value is -3.36. The van der Waals surface area contributed by atoms with E-state index in [0.29, 0.717) is 66.9 Å². The molecule has 3 heterocycles. The first-order valence-electron chi connectivity index (χ1n) is 12.8. The number of rotatable bonds is 7. The summed E-state index contributed by atoms with van der Waals surface area (Å²) in [4.78, 5) is 19.6. The number of fused-ring (bicyclic) bond motifs is 2. The third kappa shape index (κ3) is 4.71. The van der Waals surface area contributed by atoms with Crippen molar-refractivity contribution >= 4 is 17.5 Å². The molecule has 0 bridgehead atoms. The fourth-order valence-electron chi connectivity index (χ4n) is 5.61. The average Bonchev–Trinajstić information content (AvgIpc) is 3.27. The molecule has 1 aromatic carbocycles. The first-order chi connectivity index (χ1) is 17.9. The molecule has 5 rings (SSSR count). The SMILES string of the molecule is COC(=O)C1=C(C)OC2=c3cc(OCC(C)C)ccc3=C(O)C(C(c3ccncc3)N3CCOCC3)C12. The van der Waals surface area contributed by atoms with Crippen molar-refractivity contribution in [2.45, 2.75) is 26.8 Å². The minimum atomic E-state index is -0.527. The Morgan fingerprint density at radius 1 is 1.16 bits per heavy atom. The molecule has 1 aliphatic carbocycles. The average molecular weight is 507 g/mol. The van der Waals surface area contributed by atoms with E-state index in [-0.39, 0.29) is 11.8 Å². The first kappa shape index (κ1) is 25.3. The molecule has 1 fully saturated rings. The zero-order valence-corrected chi connectivity index (χ0v) is 21.8. The van der Waals surface area contributed by atoms with Crippen LogP contribution in [0.5, 0.6) is 5.75 Å². The van der Waals surface area contributed by atoms with Gasteiger partial charge in [0.05, 0.1) is 44.3 Å². The number of benzene rings is 1. The zero-order chi connectivity index (χ0) is 26.1. The number of nitrogens with zero attached hydrogens (tertiary/aromatic N) is 2. The van der Waals surface area contributed by atoms with Crippen LogP contribution >= 0.6 is 0 Å². The van der Waals surface area contributed by atoms with Crippen molar-refractivity contribution in [1.82, 2.24) is 9.88 Å². The molecular formula is C29H34N2O6. The van der Waals surface area contributed by atoms with Crippen LogP contribution in [0.2, 0.25) is 0 Å². The molecule has 3 aliphatic rings. The van der Waals surface area contributed by atoms with Crippen LogP contribution in [0.4, 0.5) is 0 Å². The third-order valence-electron chi connectivity index (χ3n) is 7.26. The molecule has 0 saturated carbocycles. The summed E-state index contributed by atoms with van der Waals surface area (Å²) in [6.45, 7) is 9.12. The van der Waals surface area contributed by atoms with Gasteiger partial charge in [0, 0.05) is 42.0 Å². The van der Waals surface area contributed by atoms with Crippen LogP contribution in [0.1, 0.15) is 32.4 Å². The lowest BCUT2D eigenvalue weighted by Crippen LogP contribution is -2.48. The minimum Gasteiger partial charge on any atom is -0.511 e. The van der Waals surface area contributed by atoms with Gasteiger partial charge in [0.2, 0.25) is 0 Å². The quantitative estimate of drug-likeness (QED) is 0.574. The number of ether oxygens (including phenoxy) is 4. The summed E-state index contributed by atoms with van der Waals surface area (Å²) in [6, 6.07) is 9.35. The number of allylic oxidation sites excluding steroid dienone is 1. The van der Waals surface area contributed by atoms with Gasteiger partial charge in [-0.1, -0.05) is 13.8 Å². The van der Waals surface area contributed by atoms with Gasteiger partial charge in [-0.3, -0.25) is 9.88 Å². The van der Waals surface area contributed by atoms with Crippen LogP contribution < -0.4 is 15.2 Å². The second-order valence-electron chi connectivity index (χ2n) is 10.1. The number of aromatic nitrogens is 1. The number of morpholine rings is 1. The van der Waals surface area contributed by atoms with Gasteiger partial charge in [0.1, 0.15) is 23.0 Å². The van der Waals surface area contributed by atoms with Gasteiger partial charge in [-0.25, -0.2) is 4.79 Å². The van der Waals surface area contributed by atoms with Gasteiger partial charge in [-0.2, -0.15) is 0 Å². The van der Waals surface area contributed by atoms with Crippen LogP contribution in [0.25, 0.3) is 11.5 Å². The molecule has 8 heteroatoms. The fourth-order valence-corrected chi connectivity index (χ4v) is 5.61. The van der Waals surface area contributed by atoms with Crippen molar-refractivity contribution in [3.05, 3.63) is 70.1 Å². The monoisotopic (exact) mass is 506 g/mol. The molecule has 3 atom stereocenters. The van der Waals surface area contributed by atoms with Crippen molar-refractivity contribution in [3.63, 3.8) is 0 Å². The van der Waals surface area contributed by atoms with E-state index in [1.807, 2.05) is 30.3 Å². The van der Waals surface area contributed by atoms with Gasteiger partial charge in [0.25, 0.3) is 0 Å². The summed E-state index contributed by atoms with van der Waals surface area (Å²) in [5.74, 6) is 0.927. The lowest BCUT2D eigenvalue weighted by atomic mass is 9.73. The largest absolute Gasteiger partial charge is 0.511 e. The standard InChI is InChI=1S/C29H34N2O6/c1-17(2)16-36-20-5-6-21-22(15-20)28-24(23(18(3)37-28)29(33)34-4)25(27(21)32)26(19-7-9-30-10-8-19)31-11-13-35-14-12-31/h5-10,15,17,24-26,32H,11-14,16H2,1-4H3. The highest BCUT2D eigenvalue weighted by Gasteiger charge is 2.49. The van der Waals surface area contributed by atoms with Gasteiger partial charge in [-0.15, -0.1) is 0 Å². The second-order valence-corrected chi connectivity index (χ2v) is 10.1. The number of aliphatic hydroxyl groups excluding tert-OH is 1. The molecule has 3 unspecified atom stereocenters. The Labute approximate surface area is 216 Å². The molecule has 2 aromatic rings. The number of methoxy groups -OCH3 is 1. The lowest BCUT2D eigenvalue weighted by molar-refractivity contribution is -0.136. The molecule has 37 heavy (non-hydrogen) atoms. The number of carbonyl (C=O) groups is 1. The van der Waals surface area contributed by atoms with Crippen LogP contribution in [0, 0.1) is 17.8 Å². The molecule has 1 N–H and O–H groups in total. The van der Waals surface area contributed by atoms with E-state index in [2.05, 4.69) is 23.7 Å². The fraction of sp³-hybridized carbons (Fsp3) is 0.448. The summed E-state index contributed by atoms with van der Waals surface area (Å²) in [6.07, 6.45) is 3.51. The maximum Gasteiger partial charge on any atom is 0.337 e. The summed E-state index contributed by atoms with van der Waals surface area (Å²) >= 11 is 0. The normalized spacial score (nSPS) is 22.4. The van der Waals surface area contributed by atoms with E-state index in [4.69, 9.17) is 18.9 Å². The maximum atomic E-state index is 13.1. The summed E-state index contributed by atoms with van der Waals surface area (Å²) < 4.78 is 23.1. The Balaban J connectivity index is 1.73. The molecule has 0 spiro atoms. The first-order valence-corrected chi connectivity index (χ1v) is 12.8. The highest BCUT2D eigenvalue weighted by molar-refractivity contribution is 5.94. The summed E-state index contributed by atoms with van der Waals surface area (Å²) in [5, 5.41) is 13.4. The molecular weight excluding hydrogens is 472 g/mol.